The first-order valence-electron chi connectivity index (χ1n) is 6.89. The first kappa shape index (κ1) is 15.0. The molecule has 1 saturated heterocycles. The summed E-state index contributed by atoms with van der Waals surface area (Å²) in [4.78, 5) is 26.5. The van der Waals surface area contributed by atoms with Gasteiger partial charge in [0.05, 0.1) is 0 Å². The predicted octanol–water partition coefficient (Wildman–Crippen LogP) is 2.78. The van der Waals surface area contributed by atoms with Crippen molar-refractivity contribution in [3.63, 3.8) is 0 Å². The van der Waals surface area contributed by atoms with Gasteiger partial charge in [0.15, 0.2) is 0 Å². The molecule has 20 heavy (non-hydrogen) atoms. The number of piperazine rings is 1. The lowest BCUT2D eigenvalue weighted by Crippen LogP contribution is -2.63. The van der Waals surface area contributed by atoms with Gasteiger partial charge in [-0.25, -0.2) is 0 Å². The molecule has 0 radical (unpaired) electrons. The first-order chi connectivity index (χ1) is 9.51. The van der Waals surface area contributed by atoms with Crippen LogP contribution < -0.4 is 10.2 Å². The van der Waals surface area contributed by atoms with E-state index in [-0.39, 0.29) is 11.8 Å². The molecule has 1 aromatic rings. The lowest BCUT2D eigenvalue weighted by Gasteiger charge is -2.39. The van der Waals surface area contributed by atoms with Crippen LogP contribution in [0.5, 0.6) is 0 Å². The van der Waals surface area contributed by atoms with Crippen LogP contribution in [0.25, 0.3) is 0 Å². The summed E-state index contributed by atoms with van der Waals surface area (Å²) in [5.41, 5.74) is 1.79. The van der Waals surface area contributed by atoms with Gasteiger partial charge in [0.25, 0.3) is 0 Å². The van der Waals surface area contributed by atoms with Crippen molar-refractivity contribution in [1.29, 1.82) is 0 Å². The van der Waals surface area contributed by atoms with Gasteiger partial charge in [0, 0.05) is 10.2 Å². The maximum atomic E-state index is 12.6. The van der Waals surface area contributed by atoms with E-state index in [2.05, 4.69) is 21.2 Å². The van der Waals surface area contributed by atoms with Crippen LogP contribution in [-0.2, 0) is 9.59 Å². The molecule has 1 aliphatic heterocycles. The van der Waals surface area contributed by atoms with Crippen molar-refractivity contribution in [2.24, 2.45) is 0 Å². The van der Waals surface area contributed by atoms with E-state index >= 15 is 0 Å². The van der Waals surface area contributed by atoms with E-state index in [1.54, 1.807) is 4.90 Å². The van der Waals surface area contributed by atoms with Crippen molar-refractivity contribution in [1.82, 2.24) is 5.32 Å². The molecule has 0 saturated carbocycles. The van der Waals surface area contributed by atoms with Gasteiger partial charge >= 0.3 is 0 Å². The number of nitrogens with one attached hydrogen (secondary N) is 1. The lowest BCUT2D eigenvalue weighted by atomic mass is 10.0. The Bertz CT molecular complexity index is 545. The second kappa shape index (κ2) is 5.95. The fourth-order valence-electron chi connectivity index (χ4n) is 2.56. The Balaban J connectivity index is 2.51. The van der Waals surface area contributed by atoms with Crippen molar-refractivity contribution in [2.45, 2.75) is 45.7 Å². The maximum absolute atomic E-state index is 12.6. The number of halogens is 1. The van der Waals surface area contributed by atoms with Crippen molar-refractivity contribution < 1.29 is 9.59 Å². The van der Waals surface area contributed by atoms with E-state index in [0.29, 0.717) is 12.8 Å². The summed E-state index contributed by atoms with van der Waals surface area (Å²) in [6, 6.07) is 4.86. The van der Waals surface area contributed by atoms with Crippen LogP contribution >= 0.6 is 15.9 Å². The minimum absolute atomic E-state index is 0.0276. The Morgan fingerprint density at radius 1 is 1.25 bits per heavy atom. The molecule has 1 aliphatic rings. The molecule has 0 spiro atoms. The maximum Gasteiger partial charge on any atom is 0.250 e. The summed E-state index contributed by atoms with van der Waals surface area (Å²) in [5, 5.41) is 2.81. The smallest absolute Gasteiger partial charge is 0.250 e. The highest BCUT2D eigenvalue weighted by molar-refractivity contribution is 9.10. The van der Waals surface area contributed by atoms with Crippen molar-refractivity contribution in [3.05, 3.63) is 28.2 Å². The van der Waals surface area contributed by atoms with Crippen LogP contribution in [0.2, 0.25) is 0 Å². The SMILES string of the molecule is CCC1NC(=O)C(CC)N(c2cccc(Br)c2C)C1=O. The van der Waals surface area contributed by atoms with Crippen LogP contribution in [0.1, 0.15) is 32.3 Å². The highest BCUT2D eigenvalue weighted by atomic mass is 79.9. The van der Waals surface area contributed by atoms with E-state index in [0.717, 1.165) is 15.7 Å². The second-order valence-corrected chi connectivity index (χ2v) is 5.84. The fourth-order valence-corrected chi connectivity index (χ4v) is 2.91. The van der Waals surface area contributed by atoms with Crippen molar-refractivity contribution in [2.75, 3.05) is 4.90 Å². The van der Waals surface area contributed by atoms with Crippen LogP contribution in [0.3, 0.4) is 0 Å². The average Bonchev–Trinajstić information content (AvgIpc) is 2.44. The number of carbonyl (C=O) groups is 2. The van der Waals surface area contributed by atoms with E-state index in [1.165, 1.54) is 0 Å². The summed E-state index contributed by atoms with van der Waals surface area (Å²) in [6.07, 6.45) is 1.20. The number of carbonyl (C=O) groups excluding carboxylic acids is 2. The van der Waals surface area contributed by atoms with E-state index < -0.39 is 12.1 Å². The molecule has 2 amide bonds. The van der Waals surface area contributed by atoms with Gasteiger partial charge in [-0.05, 0) is 37.5 Å². The predicted molar refractivity (Wildman–Crippen MR) is 82.7 cm³/mol. The van der Waals surface area contributed by atoms with Gasteiger partial charge < -0.3 is 5.32 Å². The molecule has 1 heterocycles. The summed E-state index contributed by atoms with van der Waals surface area (Å²) < 4.78 is 0.941. The Morgan fingerprint density at radius 2 is 1.95 bits per heavy atom. The van der Waals surface area contributed by atoms with Gasteiger partial charge in [-0.1, -0.05) is 35.8 Å². The molecule has 4 nitrogen and oxygen atoms in total. The molecule has 2 atom stereocenters. The highest BCUT2D eigenvalue weighted by Gasteiger charge is 2.40. The third-order valence-electron chi connectivity index (χ3n) is 3.76. The number of nitrogens with zero attached hydrogens (tertiary/aromatic N) is 1. The average molecular weight is 339 g/mol. The molecule has 5 heteroatoms. The molecular weight excluding hydrogens is 320 g/mol. The molecule has 0 bridgehead atoms. The van der Waals surface area contributed by atoms with Gasteiger partial charge in [0.2, 0.25) is 11.8 Å². The molecule has 1 fully saturated rings. The molecule has 1 N–H and O–H groups in total. The van der Waals surface area contributed by atoms with Crippen molar-refractivity contribution >= 4 is 33.4 Å². The fraction of sp³-hybridized carbons (Fsp3) is 0.467. The molecule has 2 rings (SSSR count). The van der Waals surface area contributed by atoms with Crippen LogP contribution in [0.15, 0.2) is 22.7 Å². The Labute approximate surface area is 127 Å². The number of amides is 2. The number of benzene rings is 1. The lowest BCUT2D eigenvalue weighted by molar-refractivity contribution is -0.134. The molecule has 1 aromatic carbocycles. The van der Waals surface area contributed by atoms with Gasteiger partial charge in [-0.15, -0.1) is 0 Å². The third kappa shape index (κ3) is 2.46. The Morgan fingerprint density at radius 3 is 2.55 bits per heavy atom. The van der Waals surface area contributed by atoms with E-state index in [1.807, 2.05) is 39.0 Å². The summed E-state index contributed by atoms with van der Waals surface area (Å²) >= 11 is 3.48. The zero-order chi connectivity index (χ0) is 14.9. The normalized spacial score (nSPS) is 22.9. The minimum atomic E-state index is -0.432. The van der Waals surface area contributed by atoms with Crippen LogP contribution in [-0.4, -0.2) is 23.9 Å². The first-order valence-corrected chi connectivity index (χ1v) is 7.69. The summed E-state index contributed by atoms with van der Waals surface area (Å²) in [7, 11) is 0. The van der Waals surface area contributed by atoms with Gasteiger partial charge in [-0.3, -0.25) is 14.5 Å². The molecule has 0 aliphatic carbocycles. The van der Waals surface area contributed by atoms with Crippen molar-refractivity contribution in [3.8, 4) is 0 Å². The summed E-state index contributed by atoms with van der Waals surface area (Å²) in [6.45, 7) is 5.78. The van der Waals surface area contributed by atoms with Crippen LogP contribution in [0, 0.1) is 6.92 Å². The summed E-state index contributed by atoms with van der Waals surface area (Å²) in [5.74, 6) is -0.0986. The number of rotatable bonds is 3. The standard InChI is InChI=1S/C15H19BrN2O2/c1-4-11-15(20)18(12(5-2)14(19)17-11)13-8-6-7-10(16)9(13)3/h6-8,11-12H,4-5H2,1-3H3,(H,17,19). The molecule has 2 unspecified atom stereocenters. The molecule has 108 valence electrons. The number of anilines is 1. The van der Waals surface area contributed by atoms with Gasteiger partial charge in [0.1, 0.15) is 12.1 Å². The van der Waals surface area contributed by atoms with E-state index in [4.69, 9.17) is 0 Å². The van der Waals surface area contributed by atoms with Crippen LogP contribution in [0.4, 0.5) is 5.69 Å². The Hall–Kier alpha value is -1.36. The third-order valence-corrected chi connectivity index (χ3v) is 4.62. The zero-order valence-corrected chi connectivity index (χ0v) is 13.5. The molecule has 0 aromatic heterocycles. The zero-order valence-electron chi connectivity index (χ0n) is 11.9. The monoisotopic (exact) mass is 338 g/mol. The molecular formula is C15H19BrN2O2. The minimum Gasteiger partial charge on any atom is -0.342 e. The topological polar surface area (TPSA) is 49.4 Å². The number of hydrogen-bond acceptors (Lipinski definition) is 2. The highest BCUT2D eigenvalue weighted by Crippen LogP contribution is 2.31. The quantitative estimate of drug-likeness (QED) is 0.921. The largest absolute Gasteiger partial charge is 0.342 e. The van der Waals surface area contributed by atoms with Gasteiger partial charge in [-0.2, -0.15) is 0 Å². The number of hydrogen-bond donors (Lipinski definition) is 1. The Kier molecular flexibility index (Phi) is 4.48. The second-order valence-electron chi connectivity index (χ2n) is 4.99. The van der Waals surface area contributed by atoms with E-state index in [9.17, 15) is 9.59 Å².